The number of furan rings is 1. The third-order valence-corrected chi connectivity index (χ3v) is 4.00. The second-order valence-corrected chi connectivity index (χ2v) is 6.81. The Kier molecular flexibility index (Phi) is 4.99. The number of carbonyl (C=O) groups is 2. The van der Waals surface area contributed by atoms with Gasteiger partial charge in [-0.25, -0.2) is 4.79 Å². The van der Waals surface area contributed by atoms with Gasteiger partial charge in [-0.3, -0.25) is 4.79 Å². The Bertz CT molecular complexity index is 782. The molecule has 0 aliphatic carbocycles. The van der Waals surface area contributed by atoms with Crippen molar-refractivity contribution in [1.82, 2.24) is 4.90 Å². The van der Waals surface area contributed by atoms with Crippen LogP contribution < -0.4 is 4.74 Å². The zero-order valence-corrected chi connectivity index (χ0v) is 14.7. The maximum absolute atomic E-state index is 12.7. The van der Waals surface area contributed by atoms with Gasteiger partial charge in [-0.2, -0.15) is 0 Å². The van der Waals surface area contributed by atoms with Crippen molar-refractivity contribution in [1.29, 1.82) is 0 Å². The van der Waals surface area contributed by atoms with Crippen LogP contribution in [0, 0.1) is 0 Å². The molecule has 1 aliphatic rings. The molecular formula is C19H21NO6. The quantitative estimate of drug-likeness (QED) is 0.883. The second-order valence-electron chi connectivity index (χ2n) is 6.81. The molecule has 0 saturated carbocycles. The van der Waals surface area contributed by atoms with Crippen molar-refractivity contribution in [3.8, 4) is 5.75 Å². The molecule has 1 fully saturated rings. The van der Waals surface area contributed by atoms with Crippen LogP contribution in [0.3, 0.4) is 0 Å². The van der Waals surface area contributed by atoms with Gasteiger partial charge in [0, 0.05) is 12.6 Å². The van der Waals surface area contributed by atoms with E-state index in [1.807, 2.05) is 44.2 Å². The van der Waals surface area contributed by atoms with E-state index in [0.29, 0.717) is 19.7 Å². The number of nitrogens with zero attached hydrogens (tertiary/aromatic N) is 1. The van der Waals surface area contributed by atoms with Crippen LogP contribution in [0.5, 0.6) is 5.75 Å². The van der Waals surface area contributed by atoms with E-state index in [2.05, 4.69) is 0 Å². The van der Waals surface area contributed by atoms with Gasteiger partial charge in [0.05, 0.1) is 17.7 Å². The van der Waals surface area contributed by atoms with Gasteiger partial charge in [-0.1, -0.05) is 18.2 Å². The summed E-state index contributed by atoms with van der Waals surface area (Å²) in [5, 5.41) is 8.97. The molecule has 0 radical (unpaired) electrons. The van der Waals surface area contributed by atoms with Crippen LogP contribution >= 0.6 is 0 Å². The molecule has 7 heteroatoms. The minimum atomic E-state index is -1.13. The summed E-state index contributed by atoms with van der Waals surface area (Å²) in [5.74, 6) is -0.764. The molecule has 7 nitrogen and oxygen atoms in total. The van der Waals surface area contributed by atoms with E-state index in [4.69, 9.17) is 19.0 Å². The van der Waals surface area contributed by atoms with Crippen LogP contribution in [-0.2, 0) is 4.74 Å². The molecule has 1 aromatic heterocycles. The summed E-state index contributed by atoms with van der Waals surface area (Å²) < 4.78 is 16.9. The lowest BCUT2D eigenvalue weighted by atomic mass is 10.0. The molecular weight excluding hydrogens is 338 g/mol. The Morgan fingerprint density at radius 2 is 2.04 bits per heavy atom. The first-order chi connectivity index (χ1) is 12.3. The second kappa shape index (κ2) is 7.21. The fourth-order valence-corrected chi connectivity index (χ4v) is 2.96. The van der Waals surface area contributed by atoms with Crippen LogP contribution in [0.4, 0.5) is 0 Å². The highest BCUT2D eigenvalue weighted by Gasteiger charge is 2.37. The molecule has 1 aliphatic heterocycles. The average molecular weight is 359 g/mol. The summed E-state index contributed by atoms with van der Waals surface area (Å²) in [6.45, 7) is 4.80. The van der Waals surface area contributed by atoms with Gasteiger partial charge in [0.25, 0.3) is 5.91 Å². The summed E-state index contributed by atoms with van der Waals surface area (Å²) in [4.78, 5) is 25.3. The normalized spacial score (nSPS) is 19.2. The van der Waals surface area contributed by atoms with Gasteiger partial charge < -0.3 is 23.9 Å². The van der Waals surface area contributed by atoms with Crippen molar-refractivity contribution in [3.63, 3.8) is 0 Å². The van der Waals surface area contributed by atoms with Gasteiger partial charge >= 0.3 is 5.97 Å². The number of hydrogen-bond donors (Lipinski definition) is 1. The number of para-hydroxylation sites is 1. The molecule has 1 saturated heterocycles. The molecule has 1 atom stereocenters. The highest BCUT2D eigenvalue weighted by molar-refractivity contribution is 5.95. The van der Waals surface area contributed by atoms with E-state index in [9.17, 15) is 9.59 Å². The van der Waals surface area contributed by atoms with Gasteiger partial charge in [0.2, 0.25) is 0 Å². The van der Waals surface area contributed by atoms with Gasteiger partial charge in [0.15, 0.2) is 5.76 Å². The van der Waals surface area contributed by atoms with Crippen LogP contribution in [0.15, 0.2) is 47.1 Å². The van der Waals surface area contributed by atoms with Crippen molar-refractivity contribution < 1.29 is 28.6 Å². The first-order valence-corrected chi connectivity index (χ1v) is 8.31. The summed E-state index contributed by atoms with van der Waals surface area (Å²) in [6.07, 6.45) is 0.758. The van der Waals surface area contributed by atoms with Crippen molar-refractivity contribution in [2.24, 2.45) is 0 Å². The summed E-state index contributed by atoms with van der Waals surface area (Å²) in [5.41, 5.74) is -0.606. The summed E-state index contributed by atoms with van der Waals surface area (Å²) in [7, 11) is 0. The van der Waals surface area contributed by atoms with Crippen LogP contribution in [0.1, 0.15) is 34.8 Å². The van der Waals surface area contributed by atoms with E-state index in [1.165, 1.54) is 6.07 Å². The molecule has 0 spiro atoms. The van der Waals surface area contributed by atoms with Crippen LogP contribution in [0.25, 0.3) is 0 Å². The average Bonchev–Trinajstić information content (AvgIpc) is 3.09. The number of rotatable bonds is 5. The highest BCUT2D eigenvalue weighted by atomic mass is 16.5. The predicted molar refractivity (Wildman–Crippen MR) is 92.5 cm³/mol. The Morgan fingerprint density at radius 1 is 1.31 bits per heavy atom. The Morgan fingerprint density at radius 3 is 2.69 bits per heavy atom. The highest BCUT2D eigenvalue weighted by Crippen LogP contribution is 2.24. The molecule has 2 heterocycles. The zero-order valence-electron chi connectivity index (χ0n) is 14.7. The molecule has 1 aromatic carbocycles. The SMILES string of the molecule is CC1(C)CN(C(=O)c2cc(C(=O)O)co2)CC(COc2ccccc2)O1. The number of carboxylic acid groups (broad SMARTS) is 1. The van der Waals surface area contributed by atoms with Crippen LogP contribution in [-0.4, -0.2) is 53.3 Å². The standard InChI is InChI=1S/C19H21NO6/c1-19(2)12-20(17(21)16-8-13(10-25-16)18(22)23)9-15(26-19)11-24-14-6-4-3-5-7-14/h3-8,10,15H,9,11-12H2,1-2H3,(H,22,23). The van der Waals surface area contributed by atoms with Crippen molar-refractivity contribution in [2.75, 3.05) is 19.7 Å². The minimum Gasteiger partial charge on any atom is -0.491 e. The first kappa shape index (κ1) is 18.0. The number of morpholine rings is 1. The fraction of sp³-hybridized carbons (Fsp3) is 0.368. The third-order valence-electron chi connectivity index (χ3n) is 4.00. The lowest BCUT2D eigenvalue weighted by Gasteiger charge is -2.42. The maximum Gasteiger partial charge on any atom is 0.338 e. The Labute approximate surface area is 151 Å². The van der Waals surface area contributed by atoms with E-state index in [-0.39, 0.29) is 23.3 Å². The molecule has 1 N–H and O–H groups in total. The van der Waals surface area contributed by atoms with Gasteiger partial charge in [-0.15, -0.1) is 0 Å². The predicted octanol–water partition coefficient (Wildman–Crippen LogP) is 2.68. The first-order valence-electron chi connectivity index (χ1n) is 8.31. The van der Waals surface area contributed by atoms with E-state index in [0.717, 1.165) is 12.0 Å². The molecule has 2 aromatic rings. The van der Waals surface area contributed by atoms with Gasteiger partial charge in [0.1, 0.15) is 24.7 Å². The van der Waals surface area contributed by atoms with Crippen LogP contribution in [0.2, 0.25) is 0 Å². The van der Waals surface area contributed by atoms with E-state index < -0.39 is 11.6 Å². The Balaban J connectivity index is 1.68. The molecule has 0 bridgehead atoms. The van der Waals surface area contributed by atoms with Crippen molar-refractivity contribution in [2.45, 2.75) is 25.6 Å². The molecule has 1 amide bonds. The van der Waals surface area contributed by atoms with E-state index in [1.54, 1.807) is 4.90 Å². The number of carbonyl (C=O) groups excluding carboxylic acids is 1. The fourth-order valence-electron chi connectivity index (χ4n) is 2.96. The summed E-state index contributed by atoms with van der Waals surface area (Å²) in [6, 6.07) is 10.6. The smallest absolute Gasteiger partial charge is 0.338 e. The molecule has 26 heavy (non-hydrogen) atoms. The number of carboxylic acids is 1. The maximum atomic E-state index is 12.7. The minimum absolute atomic E-state index is 0.00262. The molecule has 3 rings (SSSR count). The number of hydrogen-bond acceptors (Lipinski definition) is 5. The zero-order chi connectivity index (χ0) is 18.7. The third kappa shape index (κ3) is 4.23. The van der Waals surface area contributed by atoms with E-state index >= 15 is 0 Å². The lowest BCUT2D eigenvalue weighted by Crippen LogP contribution is -2.56. The summed E-state index contributed by atoms with van der Waals surface area (Å²) >= 11 is 0. The van der Waals surface area contributed by atoms with Crippen molar-refractivity contribution >= 4 is 11.9 Å². The number of aromatic carboxylic acids is 1. The molecule has 138 valence electrons. The Hall–Kier alpha value is -2.80. The number of benzene rings is 1. The van der Waals surface area contributed by atoms with Crippen molar-refractivity contribution in [3.05, 3.63) is 54.0 Å². The van der Waals surface area contributed by atoms with Gasteiger partial charge in [-0.05, 0) is 26.0 Å². The molecule has 1 unspecified atom stereocenters. The largest absolute Gasteiger partial charge is 0.491 e. The number of ether oxygens (including phenoxy) is 2. The monoisotopic (exact) mass is 359 g/mol. The lowest BCUT2D eigenvalue weighted by molar-refractivity contribution is -0.137. The topological polar surface area (TPSA) is 89.2 Å². The number of amides is 1.